The Kier molecular flexibility index (Phi) is 3.70. The van der Waals surface area contributed by atoms with Crippen molar-refractivity contribution in [1.82, 2.24) is 4.98 Å². The number of fused-ring (bicyclic) bond motifs is 2. The fourth-order valence-electron chi connectivity index (χ4n) is 2.46. The molecule has 0 atom stereocenters. The summed E-state index contributed by atoms with van der Waals surface area (Å²) in [5.41, 5.74) is 1.01. The molecular weight excluding hydrogens is 342 g/mol. The molecule has 4 aromatic rings. The number of ether oxygens (including phenoxy) is 1. The summed E-state index contributed by atoms with van der Waals surface area (Å²) in [6.07, 6.45) is 0. The lowest BCUT2D eigenvalue weighted by molar-refractivity contribution is -0.307. The molecule has 0 fully saturated rings. The van der Waals surface area contributed by atoms with E-state index in [2.05, 4.69) is 4.98 Å². The third kappa shape index (κ3) is 2.97. The maximum atomic E-state index is 12.3. The summed E-state index contributed by atoms with van der Waals surface area (Å²) < 4.78 is 11.4. The zero-order chi connectivity index (χ0) is 17.4. The quantitative estimate of drug-likeness (QED) is 0.523. The minimum absolute atomic E-state index is 0.285. The van der Waals surface area contributed by atoms with Gasteiger partial charge in [-0.1, -0.05) is 12.1 Å². The van der Waals surface area contributed by atoms with E-state index in [1.54, 1.807) is 18.2 Å². The van der Waals surface area contributed by atoms with Crippen molar-refractivity contribution in [2.45, 2.75) is 0 Å². The normalized spacial score (nSPS) is 11.0. The van der Waals surface area contributed by atoms with Crippen molar-refractivity contribution in [2.24, 2.45) is 0 Å². The number of carbonyl (C=O) groups excluding carboxylic acids is 1. The summed E-state index contributed by atoms with van der Waals surface area (Å²) in [7, 11) is 0. The van der Waals surface area contributed by atoms with Crippen LogP contribution >= 0.6 is 11.3 Å². The number of carboxylic acid groups (broad SMARTS) is 1. The van der Waals surface area contributed by atoms with Crippen LogP contribution in [0.1, 0.15) is 0 Å². The second-order valence-electron chi connectivity index (χ2n) is 5.29. The molecule has 0 aliphatic rings. The van der Waals surface area contributed by atoms with Crippen LogP contribution in [0.3, 0.4) is 0 Å². The van der Waals surface area contributed by atoms with E-state index >= 15 is 0 Å². The largest absolute Gasteiger partial charge is 0.546 e. The molecule has 25 heavy (non-hydrogen) atoms. The second-order valence-corrected chi connectivity index (χ2v) is 6.33. The number of rotatable bonds is 4. The summed E-state index contributed by atoms with van der Waals surface area (Å²) >= 11 is 1.42. The van der Waals surface area contributed by atoms with Gasteiger partial charge in [-0.05, 0) is 30.3 Å². The first-order valence-corrected chi connectivity index (χ1v) is 8.18. The number of para-hydroxylation sites is 1. The van der Waals surface area contributed by atoms with Crippen LogP contribution in [-0.4, -0.2) is 17.6 Å². The van der Waals surface area contributed by atoms with Crippen LogP contribution in [0.15, 0.2) is 57.7 Å². The highest BCUT2D eigenvalue weighted by molar-refractivity contribution is 7.21. The van der Waals surface area contributed by atoms with Crippen molar-refractivity contribution in [1.29, 1.82) is 0 Å². The van der Waals surface area contributed by atoms with E-state index in [-0.39, 0.29) is 5.75 Å². The molecule has 0 N–H and O–H groups in total. The monoisotopic (exact) mass is 352 g/mol. The van der Waals surface area contributed by atoms with Crippen LogP contribution in [0.4, 0.5) is 0 Å². The first kappa shape index (κ1) is 15.3. The smallest absolute Gasteiger partial charge is 0.346 e. The number of carbonyl (C=O) groups is 1. The lowest BCUT2D eigenvalue weighted by Gasteiger charge is -2.07. The Morgan fingerprint density at radius 2 is 2.04 bits per heavy atom. The van der Waals surface area contributed by atoms with Gasteiger partial charge in [0, 0.05) is 11.5 Å². The highest BCUT2D eigenvalue weighted by Crippen LogP contribution is 2.30. The third-order valence-electron chi connectivity index (χ3n) is 3.59. The number of aliphatic carboxylic acids is 1. The molecule has 0 bridgehead atoms. The molecule has 2 heterocycles. The lowest BCUT2D eigenvalue weighted by Crippen LogP contribution is -2.28. The van der Waals surface area contributed by atoms with Crippen LogP contribution < -0.4 is 15.5 Å². The summed E-state index contributed by atoms with van der Waals surface area (Å²) in [6, 6.07) is 14.1. The summed E-state index contributed by atoms with van der Waals surface area (Å²) in [6.45, 7) is -0.570. The van der Waals surface area contributed by atoms with Crippen LogP contribution in [0, 0.1) is 0 Å². The Labute approximate surface area is 144 Å². The molecule has 0 amide bonds. The van der Waals surface area contributed by atoms with Gasteiger partial charge in [-0.3, -0.25) is 0 Å². The van der Waals surface area contributed by atoms with E-state index in [1.165, 1.54) is 17.4 Å². The number of carboxylic acids is 1. The van der Waals surface area contributed by atoms with Gasteiger partial charge in [-0.2, -0.15) is 0 Å². The first-order valence-electron chi connectivity index (χ1n) is 7.37. The molecule has 4 rings (SSSR count). The van der Waals surface area contributed by atoms with E-state index in [9.17, 15) is 14.7 Å². The highest BCUT2D eigenvalue weighted by atomic mass is 32.1. The fraction of sp³-hybridized carbons (Fsp3) is 0.0556. The molecule has 0 saturated carbocycles. The second kappa shape index (κ2) is 6.03. The number of hydrogen-bond acceptors (Lipinski definition) is 7. The minimum atomic E-state index is -1.33. The molecule has 0 aliphatic carbocycles. The molecule has 0 radical (unpaired) electrons. The predicted molar refractivity (Wildman–Crippen MR) is 91.6 cm³/mol. The van der Waals surface area contributed by atoms with Crippen molar-refractivity contribution in [3.05, 3.63) is 59.0 Å². The number of nitrogens with zero attached hydrogens (tertiary/aromatic N) is 1. The van der Waals surface area contributed by atoms with Gasteiger partial charge in [0.15, 0.2) is 0 Å². The Hall–Kier alpha value is -3.19. The topological polar surface area (TPSA) is 92.5 Å². The zero-order valence-electron chi connectivity index (χ0n) is 12.7. The van der Waals surface area contributed by atoms with E-state index in [0.717, 1.165) is 10.2 Å². The predicted octanol–water partition coefficient (Wildman–Crippen LogP) is 2.20. The van der Waals surface area contributed by atoms with Gasteiger partial charge in [0.05, 0.1) is 21.7 Å². The Morgan fingerprint density at radius 3 is 2.84 bits per heavy atom. The molecule has 0 spiro atoms. The van der Waals surface area contributed by atoms with E-state index in [0.29, 0.717) is 21.5 Å². The van der Waals surface area contributed by atoms with Gasteiger partial charge >= 0.3 is 5.63 Å². The minimum Gasteiger partial charge on any atom is -0.546 e. The van der Waals surface area contributed by atoms with Crippen molar-refractivity contribution in [3.63, 3.8) is 0 Å². The van der Waals surface area contributed by atoms with Crippen LogP contribution in [0.25, 0.3) is 31.8 Å². The molecule has 6 nitrogen and oxygen atoms in total. The summed E-state index contributed by atoms with van der Waals surface area (Å²) in [4.78, 5) is 27.3. The van der Waals surface area contributed by atoms with Gasteiger partial charge in [0.1, 0.15) is 22.9 Å². The maximum absolute atomic E-state index is 12.3. The molecular formula is C18H10NO5S-. The molecule has 124 valence electrons. The third-order valence-corrected chi connectivity index (χ3v) is 4.66. The van der Waals surface area contributed by atoms with Crippen LogP contribution in [-0.2, 0) is 4.79 Å². The summed E-state index contributed by atoms with van der Waals surface area (Å²) in [5.74, 6) is -1.04. The fourth-order valence-corrected chi connectivity index (χ4v) is 3.43. The summed E-state index contributed by atoms with van der Waals surface area (Å²) in [5, 5.41) is 11.7. The van der Waals surface area contributed by atoms with Crippen molar-refractivity contribution in [3.8, 4) is 16.3 Å². The average molecular weight is 352 g/mol. The molecule has 2 aromatic heterocycles. The number of benzene rings is 2. The van der Waals surface area contributed by atoms with Gasteiger partial charge in [0.2, 0.25) is 0 Å². The standard InChI is InChI=1S/C18H11NO5S/c20-16(21)9-23-11-6-5-10-7-12(18(22)24-14(10)8-11)17-19-13-3-1-2-4-15(13)25-17/h1-8H,9H2,(H,20,21)/p-1. The number of aromatic nitrogens is 1. The van der Waals surface area contributed by atoms with Crippen LogP contribution in [0.5, 0.6) is 5.75 Å². The van der Waals surface area contributed by atoms with E-state index in [4.69, 9.17) is 9.15 Å². The first-order chi connectivity index (χ1) is 12.1. The van der Waals surface area contributed by atoms with E-state index < -0.39 is 18.2 Å². The highest BCUT2D eigenvalue weighted by Gasteiger charge is 2.13. The molecule has 0 aliphatic heterocycles. The van der Waals surface area contributed by atoms with E-state index in [1.807, 2.05) is 24.3 Å². The molecule has 0 unspecified atom stereocenters. The molecule has 7 heteroatoms. The van der Waals surface area contributed by atoms with Crippen LogP contribution in [0.2, 0.25) is 0 Å². The SMILES string of the molecule is O=C([O-])COc1ccc2cc(-c3nc4ccccc4s3)c(=O)oc2c1. The maximum Gasteiger partial charge on any atom is 0.346 e. The van der Waals surface area contributed by atoms with Gasteiger partial charge < -0.3 is 19.1 Å². The van der Waals surface area contributed by atoms with Crippen molar-refractivity contribution < 1.29 is 19.1 Å². The molecule has 0 saturated heterocycles. The number of thiazole rings is 1. The number of hydrogen-bond donors (Lipinski definition) is 0. The Bertz CT molecular complexity index is 1130. The molecule has 2 aromatic carbocycles. The van der Waals surface area contributed by atoms with Crippen molar-refractivity contribution in [2.75, 3.05) is 6.61 Å². The lowest BCUT2D eigenvalue weighted by atomic mass is 10.2. The van der Waals surface area contributed by atoms with Gasteiger partial charge in [0.25, 0.3) is 0 Å². The zero-order valence-corrected chi connectivity index (χ0v) is 13.5. The Balaban J connectivity index is 1.78. The van der Waals surface area contributed by atoms with Crippen molar-refractivity contribution >= 4 is 38.5 Å². The van der Waals surface area contributed by atoms with Gasteiger partial charge in [-0.15, -0.1) is 11.3 Å². The Morgan fingerprint density at radius 1 is 1.20 bits per heavy atom. The average Bonchev–Trinajstić information content (AvgIpc) is 3.03. The van der Waals surface area contributed by atoms with Gasteiger partial charge in [-0.25, -0.2) is 9.78 Å².